The molecule has 4 rings (SSSR count). The van der Waals surface area contributed by atoms with E-state index in [1.165, 1.54) is 11.6 Å². The fraction of sp³-hybridized carbons (Fsp3) is 0.500. The number of rotatable bonds is 9. The van der Waals surface area contributed by atoms with Crippen LogP contribution < -0.4 is 16.0 Å². The molecule has 34 heavy (non-hydrogen) atoms. The van der Waals surface area contributed by atoms with Gasteiger partial charge < -0.3 is 18.9 Å². The van der Waals surface area contributed by atoms with Gasteiger partial charge in [-0.1, -0.05) is 18.2 Å². The monoisotopic (exact) mass is 469 g/mol. The Morgan fingerprint density at radius 3 is 2.76 bits per heavy atom. The predicted octanol–water partition coefficient (Wildman–Crippen LogP) is 1.43. The summed E-state index contributed by atoms with van der Waals surface area (Å²) in [4.78, 5) is 44.1. The van der Waals surface area contributed by atoms with Crippen molar-refractivity contribution in [3.63, 3.8) is 0 Å². The normalized spacial score (nSPS) is 15.7. The molecule has 0 saturated carbocycles. The van der Waals surface area contributed by atoms with Gasteiger partial charge in [0.05, 0.1) is 19.5 Å². The van der Waals surface area contributed by atoms with E-state index >= 15 is 0 Å². The van der Waals surface area contributed by atoms with E-state index in [4.69, 9.17) is 9.47 Å². The Balaban J connectivity index is 1.47. The highest BCUT2D eigenvalue weighted by atomic mass is 16.5. The van der Waals surface area contributed by atoms with Crippen molar-refractivity contribution in [2.24, 2.45) is 14.1 Å². The molecule has 1 aliphatic heterocycles. The third-order valence-corrected chi connectivity index (χ3v) is 6.36. The molecule has 3 heterocycles. The number of para-hydroxylation sites is 1. The standard InChI is InChI=1S/C24H31N5O5/c1-26-22-21(23(31)27(2)24(26)32)28(16-25-22)12-6-11-20(30)29(15-18-9-7-13-34-18)14-17-8-4-5-10-19(17)33-3/h4-5,8,10,16,18H,6-7,9,11-15H2,1-3H3. The molecule has 0 aliphatic carbocycles. The van der Waals surface area contributed by atoms with Gasteiger partial charge in [-0.05, 0) is 25.3 Å². The first-order valence-electron chi connectivity index (χ1n) is 11.5. The molecule has 1 amide bonds. The lowest BCUT2D eigenvalue weighted by Crippen LogP contribution is -2.37. The maximum absolute atomic E-state index is 13.2. The van der Waals surface area contributed by atoms with Gasteiger partial charge in [0.2, 0.25) is 5.91 Å². The molecule has 0 bridgehead atoms. The minimum atomic E-state index is -0.418. The van der Waals surface area contributed by atoms with Crippen LogP contribution in [0.1, 0.15) is 31.2 Å². The molecule has 1 unspecified atom stereocenters. The second-order valence-electron chi connectivity index (χ2n) is 8.64. The highest BCUT2D eigenvalue weighted by Crippen LogP contribution is 2.22. The fourth-order valence-electron chi connectivity index (χ4n) is 4.45. The summed E-state index contributed by atoms with van der Waals surface area (Å²) in [5, 5.41) is 0. The Bertz CT molecular complexity index is 1290. The van der Waals surface area contributed by atoms with Gasteiger partial charge >= 0.3 is 5.69 Å². The van der Waals surface area contributed by atoms with Crippen molar-refractivity contribution in [2.45, 2.75) is 44.9 Å². The van der Waals surface area contributed by atoms with Crippen LogP contribution in [0.25, 0.3) is 11.2 Å². The molecule has 0 spiro atoms. The zero-order valence-electron chi connectivity index (χ0n) is 19.9. The van der Waals surface area contributed by atoms with Gasteiger partial charge in [-0.3, -0.25) is 18.7 Å². The minimum Gasteiger partial charge on any atom is -0.496 e. The van der Waals surface area contributed by atoms with Gasteiger partial charge in [0.25, 0.3) is 5.56 Å². The number of nitrogens with zero attached hydrogens (tertiary/aromatic N) is 5. The molecule has 182 valence electrons. The number of benzene rings is 1. The molecule has 10 heteroatoms. The molecular weight excluding hydrogens is 438 g/mol. The zero-order valence-corrected chi connectivity index (χ0v) is 19.9. The van der Waals surface area contributed by atoms with Crippen molar-refractivity contribution >= 4 is 17.1 Å². The highest BCUT2D eigenvalue weighted by molar-refractivity contribution is 5.76. The van der Waals surface area contributed by atoms with Crippen LogP contribution in [0.3, 0.4) is 0 Å². The summed E-state index contributed by atoms with van der Waals surface area (Å²) < 4.78 is 15.4. The number of aromatic nitrogens is 4. The molecule has 3 aromatic rings. The Kier molecular flexibility index (Phi) is 7.16. The number of methoxy groups -OCH3 is 1. The first-order valence-corrected chi connectivity index (χ1v) is 11.5. The van der Waals surface area contributed by atoms with Gasteiger partial charge in [0.1, 0.15) is 5.75 Å². The first-order chi connectivity index (χ1) is 16.4. The van der Waals surface area contributed by atoms with Crippen molar-refractivity contribution in [3.05, 3.63) is 57.0 Å². The smallest absolute Gasteiger partial charge is 0.332 e. The average molecular weight is 470 g/mol. The molecule has 2 aromatic heterocycles. The number of hydrogen-bond donors (Lipinski definition) is 0. The van der Waals surface area contributed by atoms with E-state index in [0.29, 0.717) is 43.6 Å². The van der Waals surface area contributed by atoms with Crippen LogP contribution in [-0.2, 0) is 36.7 Å². The predicted molar refractivity (Wildman–Crippen MR) is 127 cm³/mol. The van der Waals surface area contributed by atoms with E-state index in [0.717, 1.165) is 35.3 Å². The van der Waals surface area contributed by atoms with E-state index < -0.39 is 11.2 Å². The van der Waals surface area contributed by atoms with Gasteiger partial charge in [-0.2, -0.15) is 0 Å². The van der Waals surface area contributed by atoms with Crippen LogP contribution in [0, 0.1) is 0 Å². The lowest BCUT2D eigenvalue weighted by Gasteiger charge is -2.26. The van der Waals surface area contributed by atoms with Gasteiger partial charge in [0.15, 0.2) is 11.2 Å². The largest absolute Gasteiger partial charge is 0.496 e. The Labute approximate surface area is 197 Å². The third-order valence-electron chi connectivity index (χ3n) is 6.36. The van der Waals surface area contributed by atoms with Gasteiger partial charge in [0, 0.05) is 52.3 Å². The van der Waals surface area contributed by atoms with Crippen LogP contribution >= 0.6 is 0 Å². The number of hydrogen-bond acceptors (Lipinski definition) is 6. The SMILES string of the molecule is COc1ccccc1CN(CC1CCCO1)C(=O)CCCn1cnc2c1c(=O)n(C)c(=O)n2C. The number of carbonyl (C=O) groups is 1. The van der Waals surface area contributed by atoms with Crippen LogP contribution in [0.2, 0.25) is 0 Å². The molecule has 10 nitrogen and oxygen atoms in total. The molecule has 1 atom stereocenters. The van der Waals surface area contributed by atoms with Crippen LogP contribution in [-0.4, -0.2) is 55.9 Å². The summed E-state index contributed by atoms with van der Waals surface area (Å²) in [5.74, 6) is 0.769. The van der Waals surface area contributed by atoms with E-state index in [-0.39, 0.29) is 12.0 Å². The third kappa shape index (κ3) is 4.77. The lowest BCUT2D eigenvalue weighted by molar-refractivity contribution is -0.133. The molecule has 0 radical (unpaired) electrons. The molecule has 1 aromatic carbocycles. The Morgan fingerprint density at radius 1 is 1.24 bits per heavy atom. The van der Waals surface area contributed by atoms with Gasteiger partial charge in [-0.15, -0.1) is 0 Å². The Hall–Kier alpha value is -3.40. The van der Waals surface area contributed by atoms with Crippen molar-refractivity contribution in [3.8, 4) is 5.75 Å². The quantitative estimate of drug-likeness (QED) is 0.470. The van der Waals surface area contributed by atoms with E-state index in [1.54, 1.807) is 25.1 Å². The molecule has 1 aliphatic rings. The highest BCUT2D eigenvalue weighted by Gasteiger charge is 2.23. The van der Waals surface area contributed by atoms with Gasteiger partial charge in [-0.25, -0.2) is 9.78 Å². The van der Waals surface area contributed by atoms with Crippen molar-refractivity contribution in [1.82, 2.24) is 23.6 Å². The summed E-state index contributed by atoms with van der Waals surface area (Å²) in [6.07, 6.45) is 4.39. The minimum absolute atomic E-state index is 0.0196. The topological polar surface area (TPSA) is 101 Å². The number of fused-ring (bicyclic) bond motifs is 1. The van der Waals surface area contributed by atoms with Crippen LogP contribution in [0.15, 0.2) is 40.2 Å². The first kappa shape index (κ1) is 23.7. The number of imidazole rings is 1. The summed E-state index contributed by atoms with van der Waals surface area (Å²) >= 11 is 0. The van der Waals surface area contributed by atoms with Crippen LogP contribution in [0.4, 0.5) is 0 Å². The maximum Gasteiger partial charge on any atom is 0.332 e. The number of carbonyl (C=O) groups excluding carboxylic acids is 1. The number of amides is 1. The molecular formula is C24H31N5O5. The lowest BCUT2D eigenvalue weighted by atomic mass is 10.1. The van der Waals surface area contributed by atoms with E-state index in [1.807, 2.05) is 29.2 Å². The molecule has 1 saturated heterocycles. The maximum atomic E-state index is 13.2. The summed E-state index contributed by atoms with van der Waals surface area (Å²) in [7, 11) is 4.66. The molecule has 0 N–H and O–H groups in total. The number of ether oxygens (including phenoxy) is 2. The fourth-order valence-corrected chi connectivity index (χ4v) is 4.45. The second kappa shape index (κ2) is 10.3. The van der Waals surface area contributed by atoms with Crippen molar-refractivity contribution in [2.75, 3.05) is 20.3 Å². The summed E-state index contributed by atoms with van der Waals surface area (Å²) in [6, 6.07) is 7.70. The second-order valence-corrected chi connectivity index (χ2v) is 8.64. The Morgan fingerprint density at radius 2 is 2.03 bits per heavy atom. The summed E-state index contributed by atoms with van der Waals surface area (Å²) in [5.41, 5.74) is 0.844. The van der Waals surface area contributed by atoms with Crippen molar-refractivity contribution < 1.29 is 14.3 Å². The number of aryl methyl sites for hydroxylation is 2. The van der Waals surface area contributed by atoms with Crippen LogP contribution in [0.5, 0.6) is 5.75 Å². The van der Waals surface area contributed by atoms with Crippen molar-refractivity contribution in [1.29, 1.82) is 0 Å². The van der Waals surface area contributed by atoms with E-state index in [2.05, 4.69) is 4.98 Å². The average Bonchev–Trinajstić information content (AvgIpc) is 3.51. The summed E-state index contributed by atoms with van der Waals surface area (Å²) in [6.45, 7) is 2.15. The van der Waals surface area contributed by atoms with E-state index in [9.17, 15) is 14.4 Å². The molecule has 1 fully saturated rings. The zero-order chi connectivity index (χ0) is 24.2.